The van der Waals surface area contributed by atoms with Gasteiger partial charge in [-0.2, -0.15) is 0 Å². The van der Waals surface area contributed by atoms with Crippen molar-refractivity contribution in [1.29, 1.82) is 0 Å². The highest BCUT2D eigenvalue weighted by atomic mass is 32.5. The molecule has 0 fully saturated rings. The van der Waals surface area contributed by atoms with Gasteiger partial charge in [0.1, 0.15) is 0 Å². The van der Waals surface area contributed by atoms with E-state index in [0.717, 1.165) is 32.1 Å². The van der Waals surface area contributed by atoms with Gasteiger partial charge in [0.25, 0.3) is 0 Å². The number of unbranched alkanes of at least 4 members (excludes halogenated alkanes) is 6. The molecule has 0 aromatic carbocycles. The van der Waals surface area contributed by atoms with Crippen molar-refractivity contribution >= 4 is 10.2 Å². The van der Waals surface area contributed by atoms with E-state index < -0.39 is 15.6 Å². The van der Waals surface area contributed by atoms with Crippen molar-refractivity contribution in [2.45, 2.75) is 44.9 Å². The first kappa shape index (κ1) is 19.4. The second kappa shape index (κ2) is 7.45. The van der Waals surface area contributed by atoms with Crippen LogP contribution in [0.5, 0.6) is 0 Å². The summed E-state index contributed by atoms with van der Waals surface area (Å²) in [5.74, 6) is 0. The second-order valence-electron chi connectivity index (χ2n) is 4.67. The van der Waals surface area contributed by atoms with E-state index in [1.165, 1.54) is 0 Å². The van der Waals surface area contributed by atoms with Gasteiger partial charge in [0.2, 0.25) is 0 Å². The van der Waals surface area contributed by atoms with Crippen LogP contribution in [-0.2, 0) is 4.74 Å². The van der Waals surface area contributed by atoms with Gasteiger partial charge in [-0.1, -0.05) is 57.3 Å². The van der Waals surface area contributed by atoms with Crippen molar-refractivity contribution in [2.24, 2.45) is 0 Å². The van der Waals surface area contributed by atoms with Gasteiger partial charge in [-0.3, -0.25) is 0 Å². The van der Waals surface area contributed by atoms with Crippen LogP contribution in [0, 0.1) is 0 Å². The van der Waals surface area contributed by atoms with Gasteiger partial charge in [0, 0.05) is 6.61 Å². The molecule has 122 valence electrons. The molecular formula is C13H23F5OS. The molecule has 0 saturated heterocycles. The topological polar surface area (TPSA) is 9.23 Å². The summed E-state index contributed by atoms with van der Waals surface area (Å²) >= 11 is 0. The van der Waals surface area contributed by atoms with Crippen molar-refractivity contribution in [1.82, 2.24) is 0 Å². The minimum absolute atomic E-state index is 0.0358. The number of allylic oxidation sites excluding steroid dienone is 1. The van der Waals surface area contributed by atoms with Crippen molar-refractivity contribution in [3.8, 4) is 0 Å². The molecule has 0 radical (unpaired) electrons. The summed E-state index contributed by atoms with van der Waals surface area (Å²) < 4.78 is 64.8. The quantitative estimate of drug-likeness (QED) is 0.220. The summed E-state index contributed by atoms with van der Waals surface area (Å²) in [5, 5.41) is -0.850. The third-order valence-corrected chi connectivity index (χ3v) is 3.21. The Morgan fingerprint density at radius 1 is 0.850 bits per heavy atom. The molecule has 0 aliphatic heterocycles. The summed E-state index contributed by atoms with van der Waals surface area (Å²) in [5.41, 5.74) is 0. The molecule has 0 aromatic heterocycles. The SMILES string of the molecule is C=CCOCCCCCCCCC=CS(F)(F)(F)(F)F. The van der Waals surface area contributed by atoms with Crippen LogP contribution in [0.15, 0.2) is 24.1 Å². The van der Waals surface area contributed by atoms with Gasteiger partial charge >= 0.3 is 10.2 Å². The molecule has 0 spiro atoms. The first-order valence-electron chi connectivity index (χ1n) is 6.64. The maximum absolute atomic E-state index is 11.9. The molecule has 0 bridgehead atoms. The second-order valence-corrected chi connectivity index (χ2v) is 7.00. The van der Waals surface area contributed by atoms with Crippen LogP contribution in [0.3, 0.4) is 0 Å². The number of hydrogen-bond donors (Lipinski definition) is 0. The average molecular weight is 322 g/mol. The number of halogens is 5. The Morgan fingerprint density at radius 2 is 1.40 bits per heavy atom. The van der Waals surface area contributed by atoms with E-state index in [-0.39, 0.29) is 6.42 Å². The highest BCUT2D eigenvalue weighted by molar-refractivity contribution is 8.48. The van der Waals surface area contributed by atoms with Crippen LogP contribution in [0.2, 0.25) is 0 Å². The van der Waals surface area contributed by atoms with Crippen LogP contribution >= 0.6 is 10.2 Å². The maximum Gasteiger partial charge on any atom is 0.304 e. The molecule has 0 rings (SSSR count). The third-order valence-electron chi connectivity index (χ3n) is 2.50. The van der Waals surface area contributed by atoms with Crippen LogP contribution in [0.4, 0.5) is 19.4 Å². The zero-order chi connectivity index (χ0) is 15.6. The largest absolute Gasteiger partial charge is 0.377 e. The number of hydrogen-bond acceptors (Lipinski definition) is 1. The highest BCUT2D eigenvalue weighted by Gasteiger charge is 2.60. The zero-order valence-electron chi connectivity index (χ0n) is 11.5. The summed E-state index contributed by atoms with van der Waals surface area (Å²) in [6.07, 6.45) is 7.30. The van der Waals surface area contributed by atoms with Crippen LogP contribution in [-0.4, -0.2) is 13.2 Å². The van der Waals surface area contributed by atoms with Crippen LogP contribution in [0.1, 0.15) is 44.9 Å². The normalized spacial score (nSPS) is 16.1. The molecule has 20 heavy (non-hydrogen) atoms. The van der Waals surface area contributed by atoms with E-state index in [4.69, 9.17) is 4.74 Å². The van der Waals surface area contributed by atoms with Crippen LogP contribution in [0.25, 0.3) is 0 Å². The summed E-state index contributed by atoms with van der Waals surface area (Å²) in [7, 11) is -9.34. The lowest BCUT2D eigenvalue weighted by Crippen LogP contribution is -1.98. The van der Waals surface area contributed by atoms with Gasteiger partial charge in [-0.15, -0.1) is 6.58 Å². The predicted molar refractivity (Wildman–Crippen MR) is 75.6 cm³/mol. The van der Waals surface area contributed by atoms with Gasteiger partial charge < -0.3 is 4.74 Å². The number of rotatable bonds is 12. The van der Waals surface area contributed by atoms with Gasteiger partial charge in [-0.25, -0.2) is 0 Å². The summed E-state index contributed by atoms with van der Waals surface area (Å²) in [6.45, 7) is 4.74. The Hall–Kier alpha value is -0.560. The smallest absolute Gasteiger partial charge is 0.304 e. The molecular weight excluding hydrogens is 299 g/mol. The van der Waals surface area contributed by atoms with Crippen LogP contribution < -0.4 is 0 Å². The average Bonchev–Trinajstić information content (AvgIpc) is 2.27. The Balaban J connectivity index is 3.42. The predicted octanol–water partition coefficient (Wildman–Crippen LogP) is 6.73. The first-order chi connectivity index (χ1) is 9.04. The molecule has 0 aromatic rings. The lowest BCUT2D eigenvalue weighted by molar-refractivity contribution is 0.157. The number of ether oxygens (including phenoxy) is 1. The molecule has 0 N–H and O–H groups in total. The van der Waals surface area contributed by atoms with E-state index in [0.29, 0.717) is 25.7 Å². The zero-order valence-corrected chi connectivity index (χ0v) is 12.3. The molecule has 0 aliphatic carbocycles. The lowest BCUT2D eigenvalue weighted by Gasteiger charge is -2.36. The van der Waals surface area contributed by atoms with E-state index in [2.05, 4.69) is 6.58 Å². The fourth-order valence-electron chi connectivity index (χ4n) is 1.59. The molecule has 1 nitrogen and oxygen atoms in total. The molecule has 0 unspecified atom stereocenters. The van der Waals surface area contributed by atoms with Crippen molar-refractivity contribution in [3.05, 3.63) is 24.1 Å². The Bertz CT molecular complexity index is 309. The van der Waals surface area contributed by atoms with Crippen molar-refractivity contribution in [2.75, 3.05) is 13.2 Å². The van der Waals surface area contributed by atoms with E-state index in [9.17, 15) is 19.4 Å². The first-order valence-corrected chi connectivity index (χ1v) is 8.66. The molecule has 0 atom stereocenters. The molecule has 0 saturated carbocycles. The fraction of sp³-hybridized carbons (Fsp3) is 0.692. The lowest BCUT2D eigenvalue weighted by atomic mass is 10.1. The molecule has 0 heterocycles. The Morgan fingerprint density at radius 3 is 1.95 bits per heavy atom. The standard InChI is InChI=1S/C13H23F5OS/c1-2-11-19-12-9-7-5-3-4-6-8-10-13-20(14,15,16,17)18/h2,10,13H,1,3-9,11-12H2. The van der Waals surface area contributed by atoms with Crippen molar-refractivity contribution in [3.63, 3.8) is 0 Å². The molecule has 0 aliphatic rings. The highest BCUT2D eigenvalue weighted by Crippen LogP contribution is 2.98. The van der Waals surface area contributed by atoms with E-state index >= 15 is 0 Å². The Labute approximate surface area is 117 Å². The van der Waals surface area contributed by atoms with Gasteiger partial charge in [0.15, 0.2) is 0 Å². The van der Waals surface area contributed by atoms with Gasteiger partial charge in [-0.05, 0) is 19.3 Å². The van der Waals surface area contributed by atoms with Gasteiger partial charge in [0.05, 0.1) is 12.0 Å². The summed E-state index contributed by atoms with van der Waals surface area (Å²) in [4.78, 5) is 0. The monoisotopic (exact) mass is 322 g/mol. The molecule has 0 amide bonds. The minimum Gasteiger partial charge on any atom is -0.377 e. The maximum atomic E-state index is 11.9. The summed E-state index contributed by atoms with van der Waals surface area (Å²) in [6, 6.07) is 0. The minimum atomic E-state index is -9.34. The Kier molecular flexibility index (Phi) is 7.24. The van der Waals surface area contributed by atoms with E-state index in [1.54, 1.807) is 6.08 Å². The fourth-order valence-corrected chi connectivity index (χ4v) is 2.09. The third kappa shape index (κ3) is 17.4. The van der Waals surface area contributed by atoms with Crippen molar-refractivity contribution < 1.29 is 24.2 Å². The van der Waals surface area contributed by atoms with E-state index in [1.807, 2.05) is 0 Å². The molecule has 7 heteroatoms.